The summed E-state index contributed by atoms with van der Waals surface area (Å²) >= 11 is 0. The van der Waals surface area contributed by atoms with Crippen molar-refractivity contribution in [2.24, 2.45) is 5.92 Å². The molecule has 0 aliphatic carbocycles. The van der Waals surface area contributed by atoms with Gasteiger partial charge in [0.25, 0.3) is 0 Å². The lowest BCUT2D eigenvalue weighted by Crippen LogP contribution is -2.55. The van der Waals surface area contributed by atoms with Crippen LogP contribution in [0.2, 0.25) is 0 Å². The lowest BCUT2D eigenvalue weighted by molar-refractivity contribution is -0.136. The average molecular weight is 297 g/mol. The van der Waals surface area contributed by atoms with Gasteiger partial charge in [0.2, 0.25) is 11.8 Å². The maximum Gasteiger partial charge on any atom is 0.246 e. The number of hydrogen-bond acceptors (Lipinski definition) is 4. The summed E-state index contributed by atoms with van der Waals surface area (Å²) in [5.41, 5.74) is 0. The fraction of sp³-hybridized carbons (Fsp3) is 0.867. The fourth-order valence-corrected chi connectivity index (χ4v) is 3.22. The highest BCUT2D eigenvalue weighted by Crippen LogP contribution is 2.19. The Morgan fingerprint density at radius 2 is 2.00 bits per heavy atom. The van der Waals surface area contributed by atoms with E-state index in [0.717, 1.165) is 45.3 Å². The summed E-state index contributed by atoms with van der Waals surface area (Å²) in [4.78, 5) is 26.0. The van der Waals surface area contributed by atoms with E-state index in [9.17, 15) is 9.59 Å². The van der Waals surface area contributed by atoms with Crippen molar-refractivity contribution in [3.63, 3.8) is 0 Å². The smallest absolute Gasteiger partial charge is 0.246 e. The molecule has 2 unspecified atom stereocenters. The summed E-state index contributed by atoms with van der Waals surface area (Å²) in [6.07, 6.45) is 3.91. The van der Waals surface area contributed by atoms with E-state index in [1.54, 1.807) is 0 Å². The van der Waals surface area contributed by atoms with Crippen LogP contribution < -0.4 is 10.6 Å². The third-order valence-corrected chi connectivity index (χ3v) is 4.48. The highest BCUT2D eigenvalue weighted by atomic mass is 16.5. The summed E-state index contributed by atoms with van der Waals surface area (Å²) in [6, 6.07) is 0.131. The monoisotopic (exact) mass is 297 g/mol. The molecule has 0 aromatic heterocycles. The third kappa shape index (κ3) is 4.41. The molecule has 0 saturated carbocycles. The maximum atomic E-state index is 12.6. The molecule has 2 amide bonds. The van der Waals surface area contributed by atoms with Crippen LogP contribution in [0, 0.1) is 5.92 Å². The zero-order valence-corrected chi connectivity index (χ0v) is 13.1. The Hall–Kier alpha value is -1.14. The van der Waals surface area contributed by atoms with Crippen molar-refractivity contribution >= 4 is 11.8 Å². The molecule has 2 aliphatic rings. The minimum atomic E-state index is -0.0788. The minimum Gasteiger partial charge on any atom is -0.375 e. The van der Waals surface area contributed by atoms with Gasteiger partial charge in [0, 0.05) is 26.2 Å². The zero-order chi connectivity index (χ0) is 15.2. The van der Waals surface area contributed by atoms with Crippen LogP contribution in [0.25, 0.3) is 0 Å². The summed E-state index contributed by atoms with van der Waals surface area (Å²) in [5, 5.41) is 6.30. The third-order valence-electron chi connectivity index (χ3n) is 4.48. The van der Waals surface area contributed by atoms with E-state index in [2.05, 4.69) is 17.6 Å². The van der Waals surface area contributed by atoms with Crippen molar-refractivity contribution in [1.29, 1.82) is 0 Å². The molecule has 0 spiro atoms. The van der Waals surface area contributed by atoms with Gasteiger partial charge >= 0.3 is 0 Å². The van der Waals surface area contributed by atoms with E-state index >= 15 is 0 Å². The normalized spacial score (nSPS) is 27.4. The predicted octanol–water partition coefficient (Wildman–Crippen LogP) is 0.128. The second kappa shape index (κ2) is 7.75. The minimum absolute atomic E-state index is 0.0293. The Morgan fingerprint density at radius 1 is 1.29 bits per heavy atom. The first-order valence-electron chi connectivity index (χ1n) is 7.92. The molecule has 2 atom stereocenters. The standard InChI is InChI=1S/C15H27N3O3/c1-11-4-3-7-16-14(11)15(20)18-8-5-12(6-9-18)17-13(19)10-21-2/h11-12,14,16H,3-10H2,1-2H3,(H,17,19). The number of ether oxygens (including phenoxy) is 1. The Bertz CT molecular complexity index is 367. The van der Waals surface area contributed by atoms with Gasteiger partial charge in [-0.05, 0) is 38.1 Å². The SMILES string of the molecule is COCC(=O)NC1CCN(C(=O)C2NCCCC2C)CC1. The maximum absolute atomic E-state index is 12.6. The molecule has 2 N–H and O–H groups in total. The molecule has 0 aromatic carbocycles. The van der Waals surface area contributed by atoms with E-state index < -0.39 is 0 Å². The van der Waals surface area contributed by atoms with Gasteiger partial charge in [-0.15, -0.1) is 0 Å². The van der Waals surface area contributed by atoms with Crippen molar-refractivity contribution < 1.29 is 14.3 Å². The van der Waals surface area contributed by atoms with Crippen LogP contribution in [0.15, 0.2) is 0 Å². The van der Waals surface area contributed by atoms with E-state index in [1.165, 1.54) is 7.11 Å². The van der Waals surface area contributed by atoms with Crippen molar-refractivity contribution in [3.8, 4) is 0 Å². The zero-order valence-electron chi connectivity index (χ0n) is 13.1. The Labute approximate surface area is 126 Å². The van der Waals surface area contributed by atoms with E-state index in [0.29, 0.717) is 5.92 Å². The van der Waals surface area contributed by atoms with Crippen LogP contribution >= 0.6 is 0 Å². The Morgan fingerprint density at radius 3 is 2.62 bits per heavy atom. The molecule has 21 heavy (non-hydrogen) atoms. The number of methoxy groups -OCH3 is 1. The van der Waals surface area contributed by atoms with Crippen molar-refractivity contribution in [2.45, 2.75) is 44.7 Å². The molecule has 2 fully saturated rings. The first kappa shape index (κ1) is 16.2. The molecule has 2 aliphatic heterocycles. The number of piperidine rings is 2. The topological polar surface area (TPSA) is 70.7 Å². The second-order valence-corrected chi connectivity index (χ2v) is 6.15. The van der Waals surface area contributed by atoms with Crippen LogP contribution in [0.4, 0.5) is 0 Å². The number of likely N-dealkylation sites (tertiary alicyclic amines) is 1. The van der Waals surface area contributed by atoms with Gasteiger partial charge in [0.1, 0.15) is 6.61 Å². The van der Waals surface area contributed by atoms with Gasteiger partial charge in [-0.1, -0.05) is 6.92 Å². The molecule has 0 bridgehead atoms. The highest BCUT2D eigenvalue weighted by Gasteiger charge is 2.32. The number of amides is 2. The van der Waals surface area contributed by atoms with Gasteiger partial charge in [-0.25, -0.2) is 0 Å². The second-order valence-electron chi connectivity index (χ2n) is 6.15. The Kier molecular flexibility index (Phi) is 5.99. The summed E-state index contributed by atoms with van der Waals surface area (Å²) < 4.78 is 4.81. The summed E-state index contributed by atoms with van der Waals surface area (Å²) in [5.74, 6) is 0.555. The van der Waals surface area contributed by atoms with Crippen LogP contribution in [-0.4, -0.2) is 62.1 Å². The number of hydrogen-bond donors (Lipinski definition) is 2. The van der Waals surface area contributed by atoms with Gasteiger partial charge in [0.05, 0.1) is 6.04 Å². The highest BCUT2D eigenvalue weighted by molar-refractivity contribution is 5.82. The number of nitrogens with zero attached hydrogens (tertiary/aromatic N) is 1. The van der Waals surface area contributed by atoms with Gasteiger partial charge in [-0.3, -0.25) is 9.59 Å². The first-order valence-corrected chi connectivity index (χ1v) is 7.92. The summed E-state index contributed by atoms with van der Waals surface area (Å²) in [6.45, 7) is 4.63. The van der Waals surface area contributed by atoms with Crippen LogP contribution in [0.5, 0.6) is 0 Å². The van der Waals surface area contributed by atoms with Crippen LogP contribution in [0.1, 0.15) is 32.6 Å². The average Bonchev–Trinajstić information content (AvgIpc) is 2.48. The quantitative estimate of drug-likeness (QED) is 0.774. The first-order chi connectivity index (χ1) is 10.1. The molecule has 6 nitrogen and oxygen atoms in total. The molecule has 2 heterocycles. The number of rotatable bonds is 4. The van der Waals surface area contributed by atoms with Gasteiger partial charge in [-0.2, -0.15) is 0 Å². The molecule has 2 saturated heterocycles. The van der Waals surface area contributed by atoms with E-state index in [1.807, 2.05) is 4.90 Å². The number of carbonyl (C=O) groups is 2. The van der Waals surface area contributed by atoms with Crippen LogP contribution in [-0.2, 0) is 14.3 Å². The van der Waals surface area contributed by atoms with Crippen molar-refractivity contribution in [2.75, 3.05) is 33.4 Å². The molecular weight excluding hydrogens is 270 g/mol. The number of carbonyl (C=O) groups excluding carboxylic acids is 2. The molecule has 120 valence electrons. The van der Waals surface area contributed by atoms with Gasteiger partial charge < -0.3 is 20.3 Å². The number of nitrogens with one attached hydrogen (secondary N) is 2. The summed E-state index contributed by atoms with van der Waals surface area (Å²) in [7, 11) is 1.51. The van der Waals surface area contributed by atoms with E-state index in [4.69, 9.17) is 4.74 Å². The predicted molar refractivity (Wildman–Crippen MR) is 79.8 cm³/mol. The van der Waals surface area contributed by atoms with Crippen molar-refractivity contribution in [1.82, 2.24) is 15.5 Å². The fourth-order valence-electron chi connectivity index (χ4n) is 3.22. The van der Waals surface area contributed by atoms with Gasteiger partial charge in [0.15, 0.2) is 0 Å². The molecule has 0 aromatic rings. The Balaban J connectivity index is 1.77. The van der Waals surface area contributed by atoms with Crippen molar-refractivity contribution in [3.05, 3.63) is 0 Å². The molecule has 0 radical (unpaired) electrons. The molecule has 2 rings (SSSR count). The lowest BCUT2D eigenvalue weighted by atomic mass is 9.91. The largest absolute Gasteiger partial charge is 0.375 e. The molecular formula is C15H27N3O3. The molecule has 6 heteroatoms. The van der Waals surface area contributed by atoms with E-state index in [-0.39, 0.29) is 30.5 Å². The lowest BCUT2D eigenvalue weighted by Gasteiger charge is -2.37. The van der Waals surface area contributed by atoms with Crippen LogP contribution in [0.3, 0.4) is 0 Å².